The number of carbonyl (C=O) groups is 1. The first-order valence-electron chi connectivity index (χ1n) is 7.19. The Balaban J connectivity index is 2.40. The van der Waals surface area contributed by atoms with Crippen molar-refractivity contribution in [2.75, 3.05) is 11.9 Å². The smallest absolute Gasteiger partial charge is 0.335 e. The highest BCUT2D eigenvalue weighted by molar-refractivity contribution is 5.88. The van der Waals surface area contributed by atoms with Crippen molar-refractivity contribution < 1.29 is 9.90 Å². The molecule has 4 nitrogen and oxygen atoms in total. The van der Waals surface area contributed by atoms with E-state index in [0.717, 1.165) is 11.5 Å². The van der Waals surface area contributed by atoms with Crippen LogP contribution >= 0.6 is 0 Å². The summed E-state index contributed by atoms with van der Waals surface area (Å²) in [6.45, 7) is 8.34. The van der Waals surface area contributed by atoms with Gasteiger partial charge in [-0.25, -0.2) is 9.78 Å². The maximum absolute atomic E-state index is 11.3. The van der Waals surface area contributed by atoms with E-state index >= 15 is 0 Å². The number of aromatic carboxylic acids is 1. The predicted molar refractivity (Wildman–Crippen MR) is 80.5 cm³/mol. The molecule has 2 rings (SSSR count). The minimum atomic E-state index is -0.897. The Morgan fingerprint density at radius 3 is 2.45 bits per heavy atom. The maximum Gasteiger partial charge on any atom is 0.335 e. The summed E-state index contributed by atoms with van der Waals surface area (Å²) >= 11 is 0. The second-order valence-electron chi connectivity index (χ2n) is 6.84. The number of hydrogen-bond acceptors (Lipinski definition) is 3. The van der Waals surface area contributed by atoms with Gasteiger partial charge < -0.3 is 10.0 Å². The highest BCUT2D eigenvalue weighted by Gasteiger charge is 2.31. The zero-order chi connectivity index (χ0) is 15.1. The van der Waals surface area contributed by atoms with Gasteiger partial charge in [-0.3, -0.25) is 0 Å². The normalized spacial score (nSPS) is 16.9. The van der Waals surface area contributed by atoms with Crippen LogP contribution in [0.5, 0.6) is 0 Å². The van der Waals surface area contributed by atoms with E-state index in [-0.39, 0.29) is 5.41 Å². The van der Waals surface area contributed by atoms with Crippen molar-refractivity contribution in [3.8, 4) is 0 Å². The molecular formula is C16H24N2O2. The maximum atomic E-state index is 11.3. The summed E-state index contributed by atoms with van der Waals surface area (Å²) in [5.41, 5.74) is 0.973. The molecule has 1 heterocycles. The zero-order valence-corrected chi connectivity index (χ0v) is 13.0. The fourth-order valence-electron chi connectivity index (χ4n) is 2.31. The van der Waals surface area contributed by atoms with Crippen molar-refractivity contribution in [1.29, 1.82) is 0 Å². The van der Waals surface area contributed by atoms with E-state index in [4.69, 9.17) is 0 Å². The van der Waals surface area contributed by atoms with Gasteiger partial charge in [0.1, 0.15) is 5.82 Å². The lowest BCUT2D eigenvalue weighted by molar-refractivity contribution is 0.0696. The van der Waals surface area contributed by atoms with Crippen LogP contribution in [0.2, 0.25) is 0 Å². The number of nitrogens with zero attached hydrogens (tertiary/aromatic N) is 2. The van der Waals surface area contributed by atoms with E-state index < -0.39 is 5.97 Å². The second kappa shape index (κ2) is 5.08. The van der Waals surface area contributed by atoms with Crippen LogP contribution in [0.15, 0.2) is 12.1 Å². The fraction of sp³-hybridized carbons (Fsp3) is 0.625. The molecule has 1 aromatic rings. The van der Waals surface area contributed by atoms with Gasteiger partial charge in [-0.1, -0.05) is 20.8 Å². The van der Waals surface area contributed by atoms with Crippen LogP contribution in [-0.2, 0) is 5.41 Å². The molecule has 1 aliphatic carbocycles. The molecule has 4 heteroatoms. The average molecular weight is 276 g/mol. The standard InChI is InChI=1S/C16H24N2O2/c1-10(11-6-7-11)18(5)14-9-12(15(19)20)8-13(17-14)16(2,3)4/h8-11H,6-7H2,1-5H3,(H,19,20). The highest BCUT2D eigenvalue weighted by Crippen LogP contribution is 2.36. The first kappa shape index (κ1) is 14.8. The van der Waals surface area contributed by atoms with E-state index in [0.29, 0.717) is 17.5 Å². The molecule has 0 radical (unpaired) electrons. The molecule has 1 aliphatic rings. The monoisotopic (exact) mass is 276 g/mol. The number of hydrogen-bond donors (Lipinski definition) is 1. The molecule has 0 aromatic carbocycles. The van der Waals surface area contributed by atoms with Crippen LogP contribution in [0.25, 0.3) is 0 Å². The van der Waals surface area contributed by atoms with Crippen LogP contribution in [0, 0.1) is 5.92 Å². The van der Waals surface area contributed by atoms with E-state index in [1.807, 2.05) is 7.05 Å². The number of aromatic nitrogens is 1. The molecule has 20 heavy (non-hydrogen) atoms. The van der Waals surface area contributed by atoms with Crippen molar-refractivity contribution >= 4 is 11.8 Å². The van der Waals surface area contributed by atoms with Crippen molar-refractivity contribution in [3.05, 3.63) is 23.4 Å². The SMILES string of the molecule is CC(C1CC1)N(C)c1cc(C(=O)O)cc(C(C)(C)C)n1. The lowest BCUT2D eigenvalue weighted by Gasteiger charge is -2.28. The quantitative estimate of drug-likeness (QED) is 0.916. The van der Waals surface area contributed by atoms with E-state index in [2.05, 4.69) is 37.6 Å². The van der Waals surface area contributed by atoms with Crippen molar-refractivity contribution in [2.45, 2.75) is 52.0 Å². The summed E-state index contributed by atoms with van der Waals surface area (Å²) in [5, 5.41) is 9.30. The first-order chi connectivity index (χ1) is 9.20. The van der Waals surface area contributed by atoms with Gasteiger partial charge in [0.15, 0.2) is 0 Å². The molecule has 0 bridgehead atoms. The second-order valence-corrected chi connectivity index (χ2v) is 6.84. The van der Waals surface area contributed by atoms with Gasteiger partial charge in [0, 0.05) is 24.2 Å². The molecule has 0 spiro atoms. The van der Waals surface area contributed by atoms with Gasteiger partial charge in [-0.2, -0.15) is 0 Å². The Labute approximate surface area is 120 Å². The first-order valence-corrected chi connectivity index (χ1v) is 7.19. The third-order valence-electron chi connectivity index (χ3n) is 4.10. The molecule has 0 aliphatic heterocycles. The van der Waals surface area contributed by atoms with Crippen LogP contribution in [0.1, 0.15) is 56.6 Å². The lowest BCUT2D eigenvalue weighted by atomic mass is 9.90. The lowest BCUT2D eigenvalue weighted by Crippen LogP contribution is -2.32. The Hall–Kier alpha value is -1.58. The topological polar surface area (TPSA) is 53.4 Å². The van der Waals surface area contributed by atoms with Gasteiger partial charge in [-0.05, 0) is 37.8 Å². The van der Waals surface area contributed by atoms with Gasteiger partial charge in [0.25, 0.3) is 0 Å². The molecular weight excluding hydrogens is 252 g/mol. The molecule has 1 unspecified atom stereocenters. The Bertz CT molecular complexity index is 516. The number of pyridine rings is 1. The molecule has 1 aromatic heterocycles. The molecule has 1 N–H and O–H groups in total. The van der Waals surface area contributed by atoms with E-state index in [1.165, 1.54) is 12.8 Å². The van der Waals surface area contributed by atoms with Crippen molar-refractivity contribution in [1.82, 2.24) is 4.98 Å². The van der Waals surface area contributed by atoms with Gasteiger partial charge in [0.2, 0.25) is 0 Å². The predicted octanol–water partition coefficient (Wildman–Crippen LogP) is 3.31. The summed E-state index contributed by atoms with van der Waals surface area (Å²) in [4.78, 5) is 18.1. The zero-order valence-electron chi connectivity index (χ0n) is 13.0. The number of anilines is 1. The van der Waals surface area contributed by atoms with Crippen LogP contribution in [0.4, 0.5) is 5.82 Å². The van der Waals surface area contributed by atoms with E-state index in [1.54, 1.807) is 12.1 Å². The van der Waals surface area contributed by atoms with Gasteiger partial charge in [0.05, 0.1) is 5.56 Å². The fourth-order valence-corrected chi connectivity index (χ4v) is 2.31. The Morgan fingerprint density at radius 2 is 2.00 bits per heavy atom. The van der Waals surface area contributed by atoms with Crippen molar-refractivity contribution in [2.24, 2.45) is 5.92 Å². The molecule has 0 saturated heterocycles. The summed E-state index contributed by atoms with van der Waals surface area (Å²) < 4.78 is 0. The number of carboxylic acids is 1. The van der Waals surface area contributed by atoms with Crippen molar-refractivity contribution in [3.63, 3.8) is 0 Å². The largest absolute Gasteiger partial charge is 0.478 e. The minimum Gasteiger partial charge on any atom is -0.478 e. The third-order valence-corrected chi connectivity index (χ3v) is 4.10. The average Bonchev–Trinajstić information content (AvgIpc) is 3.19. The van der Waals surface area contributed by atoms with Gasteiger partial charge >= 0.3 is 5.97 Å². The van der Waals surface area contributed by atoms with Crippen LogP contribution in [0.3, 0.4) is 0 Å². The van der Waals surface area contributed by atoms with Crippen LogP contribution in [-0.4, -0.2) is 29.1 Å². The molecule has 1 atom stereocenters. The molecule has 0 amide bonds. The Kier molecular flexibility index (Phi) is 3.76. The summed E-state index contributed by atoms with van der Waals surface area (Å²) in [6, 6.07) is 3.76. The number of rotatable bonds is 4. The number of carboxylic acid groups (broad SMARTS) is 1. The van der Waals surface area contributed by atoms with Gasteiger partial charge in [-0.15, -0.1) is 0 Å². The molecule has 1 fully saturated rings. The minimum absolute atomic E-state index is 0.163. The molecule has 1 saturated carbocycles. The summed E-state index contributed by atoms with van der Waals surface area (Å²) in [6.07, 6.45) is 2.52. The molecule has 110 valence electrons. The Morgan fingerprint density at radius 1 is 1.40 bits per heavy atom. The van der Waals surface area contributed by atoms with Crippen LogP contribution < -0.4 is 4.90 Å². The highest BCUT2D eigenvalue weighted by atomic mass is 16.4. The van der Waals surface area contributed by atoms with E-state index in [9.17, 15) is 9.90 Å². The summed E-state index contributed by atoms with van der Waals surface area (Å²) in [5.74, 6) is 0.578. The summed E-state index contributed by atoms with van der Waals surface area (Å²) in [7, 11) is 2.00. The third kappa shape index (κ3) is 3.11.